The minimum absolute atomic E-state index is 0.102. The van der Waals surface area contributed by atoms with E-state index in [0.29, 0.717) is 29.4 Å². The Morgan fingerprint density at radius 3 is 2.38 bits per heavy atom. The normalized spacial score (nSPS) is 18.5. The summed E-state index contributed by atoms with van der Waals surface area (Å²) in [6, 6.07) is 10.8. The molecule has 56 heavy (non-hydrogen) atoms. The van der Waals surface area contributed by atoms with Crippen LogP contribution in [-0.4, -0.2) is 100 Å². The first kappa shape index (κ1) is 38.2. The van der Waals surface area contributed by atoms with Crippen molar-refractivity contribution in [2.45, 2.75) is 37.9 Å². The molecule has 1 aromatic carbocycles. The van der Waals surface area contributed by atoms with Crippen LogP contribution in [0.2, 0.25) is 0 Å². The topological polar surface area (TPSA) is 184 Å². The molecule has 3 saturated heterocycles. The van der Waals surface area contributed by atoms with E-state index in [9.17, 15) is 32.3 Å². The van der Waals surface area contributed by atoms with E-state index >= 15 is 4.39 Å². The van der Waals surface area contributed by atoms with Gasteiger partial charge in [-0.25, -0.2) is 19.0 Å². The number of pyridine rings is 2. The number of nitrogens with zero attached hydrogens (tertiary/aromatic N) is 7. The van der Waals surface area contributed by atoms with Crippen LogP contribution in [-0.2, 0) is 15.8 Å². The number of nitrogens with two attached hydrogens (primary N) is 1. The van der Waals surface area contributed by atoms with Gasteiger partial charge in [-0.3, -0.25) is 29.4 Å². The van der Waals surface area contributed by atoms with Gasteiger partial charge in [0.1, 0.15) is 29.1 Å². The molecule has 0 bridgehead atoms. The molecular formula is C37H39F4N11O4. The summed E-state index contributed by atoms with van der Waals surface area (Å²) in [5.41, 5.74) is 4.83. The maximum absolute atomic E-state index is 15.2. The van der Waals surface area contributed by atoms with Crippen molar-refractivity contribution in [3.05, 3.63) is 83.8 Å². The number of primary amides is 1. The Morgan fingerprint density at radius 1 is 0.946 bits per heavy atom. The molecule has 1 unspecified atom stereocenters. The number of alkyl halides is 3. The van der Waals surface area contributed by atoms with E-state index in [-0.39, 0.29) is 29.5 Å². The zero-order valence-electron chi connectivity index (χ0n) is 30.1. The van der Waals surface area contributed by atoms with Gasteiger partial charge < -0.3 is 26.2 Å². The second kappa shape index (κ2) is 15.9. The van der Waals surface area contributed by atoms with Crippen molar-refractivity contribution in [2.75, 3.05) is 66.2 Å². The second-order valence-corrected chi connectivity index (χ2v) is 14.0. The summed E-state index contributed by atoms with van der Waals surface area (Å²) in [6.45, 7) is 5.59. The highest BCUT2D eigenvalue weighted by Crippen LogP contribution is 2.30. The molecule has 1 atom stereocenters. The van der Waals surface area contributed by atoms with Crippen LogP contribution >= 0.6 is 0 Å². The number of benzene rings is 1. The van der Waals surface area contributed by atoms with Crippen molar-refractivity contribution in [3.8, 4) is 5.69 Å². The number of piperazine rings is 1. The fourth-order valence-electron chi connectivity index (χ4n) is 7.15. The number of imide groups is 1. The summed E-state index contributed by atoms with van der Waals surface area (Å²) in [6.07, 6.45) is 0.592. The van der Waals surface area contributed by atoms with E-state index < -0.39 is 41.3 Å². The van der Waals surface area contributed by atoms with Gasteiger partial charge in [-0.05, 0) is 67.6 Å². The highest BCUT2D eigenvalue weighted by atomic mass is 19.4. The molecule has 5 N–H and O–H groups in total. The van der Waals surface area contributed by atoms with Crippen LogP contribution in [0.25, 0.3) is 5.69 Å². The molecule has 15 nitrogen and oxygen atoms in total. The number of carbonyl (C=O) groups excluding carboxylic acids is 4. The highest BCUT2D eigenvalue weighted by molar-refractivity contribution is 6.07. The third-order valence-electron chi connectivity index (χ3n) is 10.2. The molecule has 294 valence electrons. The Bertz CT molecular complexity index is 2110. The van der Waals surface area contributed by atoms with Crippen LogP contribution in [0.5, 0.6) is 0 Å². The van der Waals surface area contributed by atoms with Gasteiger partial charge in [0.2, 0.25) is 11.8 Å². The number of rotatable bonds is 10. The van der Waals surface area contributed by atoms with E-state index in [1.807, 2.05) is 6.07 Å². The van der Waals surface area contributed by atoms with Crippen molar-refractivity contribution in [1.29, 1.82) is 0 Å². The largest absolute Gasteiger partial charge is 0.433 e. The Morgan fingerprint density at radius 2 is 1.71 bits per heavy atom. The van der Waals surface area contributed by atoms with E-state index in [1.54, 1.807) is 24.4 Å². The summed E-state index contributed by atoms with van der Waals surface area (Å²) in [4.78, 5) is 62.9. The van der Waals surface area contributed by atoms with E-state index in [0.717, 1.165) is 82.7 Å². The zero-order chi connectivity index (χ0) is 39.6. The van der Waals surface area contributed by atoms with Gasteiger partial charge in [0, 0.05) is 57.9 Å². The lowest BCUT2D eigenvalue weighted by atomic mass is 9.95. The number of anilines is 4. The van der Waals surface area contributed by atoms with Crippen LogP contribution < -0.4 is 31.5 Å². The minimum Gasteiger partial charge on any atom is -0.374 e. The fourth-order valence-corrected chi connectivity index (χ4v) is 7.15. The third-order valence-corrected chi connectivity index (χ3v) is 10.2. The summed E-state index contributed by atoms with van der Waals surface area (Å²) in [5, 5.41) is 11.9. The predicted molar refractivity (Wildman–Crippen MR) is 197 cm³/mol. The van der Waals surface area contributed by atoms with Crippen LogP contribution in [0.3, 0.4) is 0 Å². The number of aromatic nitrogens is 4. The van der Waals surface area contributed by atoms with Gasteiger partial charge in [-0.15, -0.1) is 0 Å². The molecule has 3 aliphatic heterocycles. The van der Waals surface area contributed by atoms with E-state index in [1.165, 1.54) is 16.9 Å². The van der Waals surface area contributed by atoms with Crippen molar-refractivity contribution in [1.82, 2.24) is 30.0 Å². The SMILES string of the molecule is NC(=O)c1nn(-c2ccc(N3CCN(CC4CCN(c5ccc(NC6CCC(=O)NC6=O)cc5F)CC4)CC3)nc2)cc1NC(=O)c1cccc(C(F)(F)F)n1. The van der Waals surface area contributed by atoms with Crippen molar-refractivity contribution in [2.24, 2.45) is 11.7 Å². The zero-order valence-corrected chi connectivity index (χ0v) is 30.1. The van der Waals surface area contributed by atoms with Crippen LogP contribution in [0.4, 0.5) is 40.4 Å². The lowest BCUT2D eigenvalue weighted by molar-refractivity contribution is -0.141. The van der Waals surface area contributed by atoms with Gasteiger partial charge in [-0.2, -0.15) is 18.3 Å². The number of amides is 4. The Kier molecular flexibility index (Phi) is 10.9. The number of carbonyl (C=O) groups is 4. The molecule has 19 heteroatoms. The standard InChI is InChI=1S/C37H39F4N11O4/c38-25-18-23(44-27-6-9-32(53)47-36(27)56)4-7-29(25)50-12-10-22(11-13-50)20-49-14-16-51(17-15-49)31-8-5-24(19-43-31)52-21-28(33(48-52)34(42)54)46-35(55)26-2-1-3-30(45-26)37(39,40)41/h1-5,7-8,18-19,21-22,27,44H,6,9-17,20H2,(H2,42,54)(H,46,55)(H,47,53,56). The Hall–Kier alpha value is -6.11. The molecule has 3 aliphatic rings. The van der Waals surface area contributed by atoms with Crippen molar-refractivity contribution >= 4 is 46.5 Å². The molecule has 7 rings (SSSR count). The Balaban J connectivity index is 0.885. The molecule has 0 aliphatic carbocycles. The predicted octanol–water partition coefficient (Wildman–Crippen LogP) is 3.43. The van der Waals surface area contributed by atoms with Gasteiger partial charge in [0.15, 0.2) is 5.69 Å². The van der Waals surface area contributed by atoms with Gasteiger partial charge in [0.05, 0.1) is 29.5 Å². The van der Waals surface area contributed by atoms with Crippen LogP contribution in [0.1, 0.15) is 52.4 Å². The number of halogens is 4. The number of nitrogens with one attached hydrogen (secondary N) is 3. The third kappa shape index (κ3) is 8.72. The van der Waals surface area contributed by atoms with Crippen LogP contribution in [0, 0.1) is 11.7 Å². The lowest BCUT2D eigenvalue weighted by Gasteiger charge is -2.39. The minimum atomic E-state index is -4.74. The van der Waals surface area contributed by atoms with Gasteiger partial charge in [0.25, 0.3) is 11.8 Å². The van der Waals surface area contributed by atoms with E-state index in [4.69, 9.17) is 5.73 Å². The van der Waals surface area contributed by atoms with Gasteiger partial charge in [-0.1, -0.05) is 6.07 Å². The molecule has 3 fully saturated rings. The maximum atomic E-state index is 15.2. The average molecular weight is 778 g/mol. The summed E-state index contributed by atoms with van der Waals surface area (Å²) in [7, 11) is 0. The number of hydrogen-bond acceptors (Lipinski definition) is 11. The lowest BCUT2D eigenvalue weighted by Crippen LogP contribution is -2.49. The molecule has 4 aromatic rings. The molecule has 0 spiro atoms. The molecule has 3 aromatic heterocycles. The molecular weight excluding hydrogens is 738 g/mol. The smallest absolute Gasteiger partial charge is 0.374 e. The average Bonchev–Trinajstić information content (AvgIpc) is 3.61. The van der Waals surface area contributed by atoms with Crippen molar-refractivity contribution < 1.29 is 36.7 Å². The molecule has 6 heterocycles. The first-order valence-corrected chi connectivity index (χ1v) is 18.1. The maximum Gasteiger partial charge on any atom is 0.433 e. The van der Waals surface area contributed by atoms with E-state index in [2.05, 4.69) is 45.7 Å². The number of hydrogen-bond donors (Lipinski definition) is 4. The van der Waals surface area contributed by atoms with Crippen LogP contribution in [0.15, 0.2) is 60.9 Å². The summed E-state index contributed by atoms with van der Waals surface area (Å²) < 4.78 is 55.7. The molecule has 0 saturated carbocycles. The highest BCUT2D eigenvalue weighted by Gasteiger charge is 2.33. The monoisotopic (exact) mass is 777 g/mol. The second-order valence-electron chi connectivity index (χ2n) is 14.0. The quantitative estimate of drug-likeness (QED) is 0.137. The summed E-state index contributed by atoms with van der Waals surface area (Å²) >= 11 is 0. The fraction of sp³-hybridized carbons (Fsp3) is 0.378. The van der Waals surface area contributed by atoms with Gasteiger partial charge >= 0.3 is 6.18 Å². The first-order chi connectivity index (χ1) is 26.8. The molecule has 4 amide bonds. The molecule has 0 radical (unpaired) electrons. The number of piperidine rings is 2. The van der Waals surface area contributed by atoms with Crippen molar-refractivity contribution in [3.63, 3.8) is 0 Å². The summed E-state index contributed by atoms with van der Waals surface area (Å²) in [5.74, 6) is -1.78. The first-order valence-electron chi connectivity index (χ1n) is 18.1. The Labute approximate surface area is 318 Å².